The van der Waals surface area contributed by atoms with Gasteiger partial charge in [0.25, 0.3) is 0 Å². The Labute approximate surface area is 116 Å². The zero-order valence-corrected chi connectivity index (χ0v) is 12.4. The van der Waals surface area contributed by atoms with Crippen LogP contribution >= 0.6 is 0 Å². The minimum Gasteiger partial charge on any atom is -0.468 e. The molecule has 0 aromatic heterocycles. The van der Waals surface area contributed by atoms with Crippen molar-refractivity contribution in [3.63, 3.8) is 0 Å². The van der Waals surface area contributed by atoms with Crippen molar-refractivity contribution in [1.82, 2.24) is 10.2 Å². The summed E-state index contributed by atoms with van der Waals surface area (Å²) < 4.78 is 4.89. The van der Waals surface area contributed by atoms with Crippen LogP contribution < -0.4 is 5.32 Å². The van der Waals surface area contributed by atoms with Crippen LogP contribution in [-0.4, -0.2) is 50.2 Å². The van der Waals surface area contributed by atoms with E-state index in [4.69, 9.17) is 4.74 Å². The highest BCUT2D eigenvalue weighted by atomic mass is 16.5. The van der Waals surface area contributed by atoms with Crippen LogP contribution in [0.15, 0.2) is 0 Å². The minimum atomic E-state index is -0.122. The van der Waals surface area contributed by atoms with Gasteiger partial charge in [0.2, 0.25) is 0 Å². The van der Waals surface area contributed by atoms with Gasteiger partial charge in [0.1, 0.15) is 6.04 Å². The molecule has 0 radical (unpaired) electrons. The van der Waals surface area contributed by atoms with E-state index in [-0.39, 0.29) is 12.0 Å². The molecule has 0 heterocycles. The van der Waals surface area contributed by atoms with Crippen molar-refractivity contribution in [2.24, 2.45) is 5.92 Å². The third-order valence-electron chi connectivity index (χ3n) is 4.34. The number of hydrogen-bond donors (Lipinski definition) is 1. The van der Waals surface area contributed by atoms with E-state index in [0.717, 1.165) is 18.9 Å². The van der Waals surface area contributed by atoms with Gasteiger partial charge < -0.3 is 15.0 Å². The summed E-state index contributed by atoms with van der Waals surface area (Å²) in [6, 6.07) is 0.424. The van der Waals surface area contributed by atoms with Crippen LogP contribution in [0.25, 0.3) is 0 Å². The third-order valence-corrected chi connectivity index (χ3v) is 4.34. The molecule has 2 aliphatic rings. The Morgan fingerprint density at radius 1 is 1.32 bits per heavy atom. The molecule has 0 aromatic carbocycles. The molecular formula is C15H28N2O2. The summed E-state index contributed by atoms with van der Waals surface area (Å²) in [5, 5.41) is 3.39. The molecule has 2 aliphatic carbocycles. The molecule has 1 atom stereocenters. The van der Waals surface area contributed by atoms with Gasteiger partial charge in [0.15, 0.2) is 0 Å². The monoisotopic (exact) mass is 268 g/mol. The maximum atomic E-state index is 11.7. The Bertz CT molecular complexity index is 286. The molecule has 0 aliphatic heterocycles. The summed E-state index contributed by atoms with van der Waals surface area (Å²) in [6.45, 7) is 2.15. The Kier molecular flexibility index (Phi) is 5.64. The van der Waals surface area contributed by atoms with E-state index in [1.165, 1.54) is 52.2 Å². The molecule has 2 fully saturated rings. The van der Waals surface area contributed by atoms with Gasteiger partial charge in [0.05, 0.1) is 7.11 Å². The predicted molar refractivity (Wildman–Crippen MR) is 76.0 cm³/mol. The Morgan fingerprint density at radius 2 is 2.00 bits per heavy atom. The fraction of sp³-hybridized carbons (Fsp3) is 0.933. The molecule has 0 amide bonds. The molecule has 110 valence electrons. The van der Waals surface area contributed by atoms with Crippen LogP contribution in [0.3, 0.4) is 0 Å². The highest BCUT2D eigenvalue weighted by molar-refractivity contribution is 5.75. The molecule has 0 bridgehead atoms. The quantitative estimate of drug-likeness (QED) is 0.682. The number of ether oxygens (including phenoxy) is 1. The minimum absolute atomic E-state index is 0.110. The molecule has 4 nitrogen and oxygen atoms in total. The van der Waals surface area contributed by atoms with Crippen LogP contribution in [0.4, 0.5) is 0 Å². The van der Waals surface area contributed by atoms with Gasteiger partial charge in [-0.25, -0.2) is 0 Å². The van der Waals surface area contributed by atoms with E-state index in [9.17, 15) is 4.79 Å². The Hall–Kier alpha value is -0.610. The highest BCUT2D eigenvalue weighted by Crippen LogP contribution is 2.25. The highest BCUT2D eigenvalue weighted by Gasteiger charge is 2.29. The normalized spacial score (nSPS) is 21.8. The summed E-state index contributed by atoms with van der Waals surface area (Å²) in [6.07, 6.45) is 8.80. The maximum absolute atomic E-state index is 11.7. The number of rotatable bonds is 8. The largest absolute Gasteiger partial charge is 0.468 e. The summed E-state index contributed by atoms with van der Waals surface area (Å²) in [5.41, 5.74) is 0. The van der Waals surface area contributed by atoms with Gasteiger partial charge in [-0.15, -0.1) is 0 Å². The zero-order valence-electron chi connectivity index (χ0n) is 12.4. The van der Waals surface area contributed by atoms with E-state index in [1.54, 1.807) is 0 Å². The Balaban J connectivity index is 1.68. The van der Waals surface area contributed by atoms with Crippen molar-refractivity contribution in [2.75, 3.05) is 27.2 Å². The lowest BCUT2D eigenvalue weighted by Crippen LogP contribution is -2.41. The molecular weight excluding hydrogens is 240 g/mol. The van der Waals surface area contributed by atoms with E-state index in [1.807, 2.05) is 0 Å². The SMILES string of the molecule is COC(=O)C(CCN(C)CC1CCCC1)NC1CC1. The van der Waals surface area contributed by atoms with E-state index < -0.39 is 0 Å². The number of esters is 1. The van der Waals surface area contributed by atoms with Gasteiger partial charge in [-0.3, -0.25) is 4.79 Å². The fourth-order valence-corrected chi connectivity index (χ4v) is 3.02. The number of carbonyl (C=O) groups is 1. The first-order valence-electron chi connectivity index (χ1n) is 7.71. The smallest absolute Gasteiger partial charge is 0.322 e. The first-order valence-corrected chi connectivity index (χ1v) is 7.71. The summed E-state index contributed by atoms with van der Waals surface area (Å²) in [4.78, 5) is 14.1. The van der Waals surface area contributed by atoms with Crippen molar-refractivity contribution in [3.8, 4) is 0 Å². The maximum Gasteiger partial charge on any atom is 0.322 e. The lowest BCUT2D eigenvalue weighted by molar-refractivity contribution is -0.143. The van der Waals surface area contributed by atoms with Crippen LogP contribution in [0.2, 0.25) is 0 Å². The van der Waals surface area contributed by atoms with Crippen molar-refractivity contribution in [1.29, 1.82) is 0 Å². The van der Waals surface area contributed by atoms with Crippen molar-refractivity contribution in [2.45, 2.75) is 57.0 Å². The number of hydrogen-bond acceptors (Lipinski definition) is 4. The molecule has 1 unspecified atom stereocenters. The number of carbonyl (C=O) groups excluding carboxylic acids is 1. The van der Waals surface area contributed by atoms with Gasteiger partial charge >= 0.3 is 5.97 Å². The van der Waals surface area contributed by atoms with Gasteiger partial charge in [-0.05, 0) is 51.6 Å². The molecule has 2 rings (SSSR count). The van der Waals surface area contributed by atoms with Crippen molar-refractivity contribution in [3.05, 3.63) is 0 Å². The topological polar surface area (TPSA) is 41.6 Å². The number of methoxy groups -OCH3 is 1. The fourth-order valence-electron chi connectivity index (χ4n) is 3.02. The third kappa shape index (κ3) is 5.11. The number of nitrogens with zero attached hydrogens (tertiary/aromatic N) is 1. The van der Waals surface area contributed by atoms with Crippen molar-refractivity contribution < 1.29 is 9.53 Å². The first kappa shape index (κ1) is 14.8. The zero-order chi connectivity index (χ0) is 13.7. The van der Waals surface area contributed by atoms with Gasteiger partial charge in [-0.2, -0.15) is 0 Å². The second-order valence-corrected chi connectivity index (χ2v) is 6.22. The molecule has 1 N–H and O–H groups in total. The van der Waals surface area contributed by atoms with Crippen LogP contribution in [0.5, 0.6) is 0 Å². The summed E-state index contributed by atoms with van der Waals surface area (Å²) >= 11 is 0. The lowest BCUT2D eigenvalue weighted by atomic mass is 10.1. The standard InChI is InChI=1S/C15H28N2O2/c1-17(11-12-5-3-4-6-12)10-9-14(15(18)19-2)16-13-7-8-13/h12-14,16H,3-11H2,1-2H3. The van der Waals surface area contributed by atoms with Crippen molar-refractivity contribution >= 4 is 5.97 Å². The van der Waals surface area contributed by atoms with Crippen LogP contribution in [-0.2, 0) is 9.53 Å². The summed E-state index contributed by atoms with van der Waals surface area (Å²) in [7, 11) is 3.65. The van der Waals surface area contributed by atoms with Gasteiger partial charge in [0, 0.05) is 12.6 Å². The van der Waals surface area contributed by atoms with E-state index in [2.05, 4.69) is 17.3 Å². The average molecular weight is 268 g/mol. The molecule has 0 aromatic rings. The van der Waals surface area contributed by atoms with E-state index in [0.29, 0.717) is 6.04 Å². The first-order chi connectivity index (χ1) is 9.19. The molecule has 2 saturated carbocycles. The molecule has 19 heavy (non-hydrogen) atoms. The lowest BCUT2D eigenvalue weighted by Gasteiger charge is -2.23. The average Bonchev–Trinajstić information content (AvgIpc) is 3.09. The van der Waals surface area contributed by atoms with E-state index >= 15 is 0 Å². The van der Waals surface area contributed by atoms with Crippen LogP contribution in [0.1, 0.15) is 44.9 Å². The van der Waals surface area contributed by atoms with Crippen LogP contribution in [0, 0.1) is 5.92 Å². The summed E-state index contributed by atoms with van der Waals surface area (Å²) in [5.74, 6) is 0.763. The molecule has 0 saturated heterocycles. The second-order valence-electron chi connectivity index (χ2n) is 6.22. The van der Waals surface area contributed by atoms with Gasteiger partial charge in [-0.1, -0.05) is 12.8 Å². The molecule has 4 heteroatoms. The number of nitrogens with one attached hydrogen (secondary N) is 1. The predicted octanol–water partition coefficient (Wildman–Crippen LogP) is 1.79. The second kappa shape index (κ2) is 7.25. The Morgan fingerprint density at radius 3 is 2.58 bits per heavy atom. The molecule has 0 spiro atoms.